The van der Waals surface area contributed by atoms with E-state index in [1.165, 1.54) is 0 Å². The number of nitrogens with zero attached hydrogens (tertiary/aromatic N) is 4. The lowest BCUT2D eigenvalue weighted by molar-refractivity contribution is -0.137. The Bertz CT molecular complexity index is 517. The van der Waals surface area contributed by atoms with Crippen molar-refractivity contribution in [2.45, 2.75) is 39.5 Å². The van der Waals surface area contributed by atoms with Gasteiger partial charge < -0.3 is 9.80 Å². The van der Waals surface area contributed by atoms with Crippen molar-refractivity contribution >= 4 is 11.9 Å². The minimum absolute atomic E-state index is 0.189. The number of amides is 1. The van der Waals surface area contributed by atoms with E-state index in [0.717, 1.165) is 69.4 Å². The topological polar surface area (TPSA) is 49.3 Å². The highest BCUT2D eigenvalue weighted by Gasteiger charge is 2.30. The van der Waals surface area contributed by atoms with E-state index in [9.17, 15) is 4.79 Å². The van der Waals surface area contributed by atoms with Crippen LogP contribution in [0.1, 0.15) is 38.3 Å². The summed E-state index contributed by atoms with van der Waals surface area (Å²) in [4.78, 5) is 25.8. The first-order valence-electron chi connectivity index (χ1n) is 8.47. The number of aromatic nitrogens is 2. The van der Waals surface area contributed by atoms with E-state index < -0.39 is 0 Å². The monoisotopic (exact) mass is 302 g/mol. The molecule has 1 aromatic rings. The second-order valence-electron chi connectivity index (χ2n) is 6.77. The van der Waals surface area contributed by atoms with Crippen LogP contribution in [0.3, 0.4) is 0 Å². The van der Waals surface area contributed by atoms with Gasteiger partial charge >= 0.3 is 0 Å². The molecule has 5 heteroatoms. The van der Waals surface area contributed by atoms with Gasteiger partial charge in [0.1, 0.15) is 0 Å². The Morgan fingerprint density at radius 3 is 2.45 bits per heavy atom. The first kappa shape index (κ1) is 15.3. The Balaban J connectivity index is 1.54. The highest BCUT2D eigenvalue weighted by Crippen LogP contribution is 2.25. The summed E-state index contributed by atoms with van der Waals surface area (Å²) < 4.78 is 0. The van der Waals surface area contributed by atoms with Crippen LogP contribution in [0.2, 0.25) is 0 Å². The Labute approximate surface area is 132 Å². The minimum Gasteiger partial charge on any atom is -0.342 e. The SMILES string of the molecule is Cc1ccnc(N2CCC(C(=O)N3CCC(C)CC3)CC2)n1. The van der Waals surface area contributed by atoms with E-state index >= 15 is 0 Å². The van der Waals surface area contributed by atoms with Crippen LogP contribution in [0.25, 0.3) is 0 Å². The molecule has 0 bridgehead atoms. The maximum Gasteiger partial charge on any atom is 0.225 e. The number of piperidine rings is 2. The predicted molar refractivity (Wildman–Crippen MR) is 86.7 cm³/mol. The van der Waals surface area contributed by atoms with E-state index in [1.807, 2.05) is 19.2 Å². The fourth-order valence-corrected chi connectivity index (χ4v) is 3.40. The molecule has 3 heterocycles. The average Bonchev–Trinajstić information content (AvgIpc) is 2.55. The van der Waals surface area contributed by atoms with Gasteiger partial charge in [-0.05, 0) is 44.6 Å². The summed E-state index contributed by atoms with van der Waals surface area (Å²) in [6.45, 7) is 7.91. The number of hydrogen-bond donors (Lipinski definition) is 0. The molecule has 1 amide bonds. The summed E-state index contributed by atoms with van der Waals surface area (Å²) in [6.07, 6.45) is 5.96. The van der Waals surface area contributed by atoms with E-state index in [0.29, 0.717) is 5.91 Å². The third-order valence-corrected chi connectivity index (χ3v) is 5.00. The molecule has 2 fully saturated rings. The highest BCUT2D eigenvalue weighted by atomic mass is 16.2. The summed E-state index contributed by atoms with van der Waals surface area (Å²) in [7, 11) is 0. The quantitative estimate of drug-likeness (QED) is 0.841. The molecule has 0 aliphatic carbocycles. The molecule has 5 nitrogen and oxygen atoms in total. The average molecular weight is 302 g/mol. The maximum atomic E-state index is 12.6. The van der Waals surface area contributed by atoms with Crippen LogP contribution in [-0.4, -0.2) is 47.0 Å². The standard InChI is InChI=1S/C17H26N4O/c1-13-4-9-20(10-5-13)16(22)15-6-11-21(12-7-15)17-18-8-3-14(2)19-17/h3,8,13,15H,4-7,9-12H2,1-2H3. The Morgan fingerprint density at radius 2 is 1.82 bits per heavy atom. The molecule has 120 valence electrons. The van der Waals surface area contributed by atoms with Crippen LogP contribution in [0.5, 0.6) is 0 Å². The van der Waals surface area contributed by atoms with Crippen LogP contribution in [-0.2, 0) is 4.79 Å². The zero-order valence-electron chi connectivity index (χ0n) is 13.7. The van der Waals surface area contributed by atoms with Crippen LogP contribution in [0.4, 0.5) is 5.95 Å². The largest absolute Gasteiger partial charge is 0.342 e. The van der Waals surface area contributed by atoms with Crippen molar-refractivity contribution in [1.29, 1.82) is 0 Å². The van der Waals surface area contributed by atoms with E-state index in [2.05, 4.69) is 26.7 Å². The Kier molecular flexibility index (Phi) is 4.60. The molecular formula is C17H26N4O. The van der Waals surface area contributed by atoms with Crippen molar-refractivity contribution in [2.24, 2.45) is 11.8 Å². The molecule has 3 rings (SSSR count). The molecule has 22 heavy (non-hydrogen) atoms. The first-order chi connectivity index (χ1) is 10.6. The number of aryl methyl sites for hydroxylation is 1. The number of hydrogen-bond acceptors (Lipinski definition) is 4. The normalized spacial score (nSPS) is 21.2. The van der Waals surface area contributed by atoms with Gasteiger partial charge in [-0.1, -0.05) is 6.92 Å². The number of likely N-dealkylation sites (tertiary alicyclic amines) is 1. The lowest BCUT2D eigenvalue weighted by atomic mass is 9.93. The van der Waals surface area contributed by atoms with Crippen molar-refractivity contribution < 1.29 is 4.79 Å². The third kappa shape index (κ3) is 3.39. The van der Waals surface area contributed by atoms with Gasteiger partial charge in [0.2, 0.25) is 11.9 Å². The zero-order chi connectivity index (χ0) is 15.5. The fourth-order valence-electron chi connectivity index (χ4n) is 3.40. The van der Waals surface area contributed by atoms with Crippen LogP contribution < -0.4 is 4.90 Å². The number of rotatable bonds is 2. The number of anilines is 1. The van der Waals surface area contributed by atoms with Gasteiger partial charge in [-0.3, -0.25) is 4.79 Å². The lowest BCUT2D eigenvalue weighted by Crippen LogP contribution is -2.45. The summed E-state index contributed by atoms with van der Waals surface area (Å²) in [5.41, 5.74) is 0.991. The number of carbonyl (C=O) groups excluding carboxylic acids is 1. The lowest BCUT2D eigenvalue weighted by Gasteiger charge is -2.36. The van der Waals surface area contributed by atoms with Crippen molar-refractivity contribution in [2.75, 3.05) is 31.1 Å². The third-order valence-electron chi connectivity index (χ3n) is 5.00. The van der Waals surface area contributed by atoms with Crippen molar-refractivity contribution in [3.63, 3.8) is 0 Å². The molecule has 0 atom stereocenters. The van der Waals surface area contributed by atoms with Crippen molar-refractivity contribution in [1.82, 2.24) is 14.9 Å². The molecule has 2 aliphatic heterocycles. The summed E-state index contributed by atoms with van der Waals surface area (Å²) in [5.74, 6) is 2.13. The highest BCUT2D eigenvalue weighted by molar-refractivity contribution is 5.79. The zero-order valence-corrected chi connectivity index (χ0v) is 13.7. The van der Waals surface area contributed by atoms with Crippen LogP contribution >= 0.6 is 0 Å². The molecule has 2 saturated heterocycles. The van der Waals surface area contributed by atoms with E-state index in [1.54, 1.807) is 0 Å². The second kappa shape index (κ2) is 6.63. The smallest absolute Gasteiger partial charge is 0.225 e. The Morgan fingerprint density at radius 1 is 1.14 bits per heavy atom. The summed E-state index contributed by atoms with van der Waals surface area (Å²) in [6, 6.07) is 1.91. The van der Waals surface area contributed by atoms with Gasteiger partial charge in [0.15, 0.2) is 0 Å². The molecule has 0 radical (unpaired) electrons. The number of carbonyl (C=O) groups is 1. The van der Waals surface area contributed by atoms with Crippen LogP contribution in [0, 0.1) is 18.8 Å². The van der Waals surface area contributed by atoms with E-state index in [4.69, 9.17) is 0 Å². The van der Waals surface area contributed by atoms with Gasteiger partial charge in [0, 0.05) is 44.0 Å². The van der Waals surface area contributed by atoms with Gasteiger partial charge in [-0.25, -0.2) is 9.97 Å². The van der Waals surface area contributed by atoms with Crippen molar-refractivity contribution in [3.8, 4) is 0 Å². The fraction of sp³-hybridized carbons (Fsp3) is 0.706. The molecule has 0 N–H and O–H groups in total. The molecule has 0 spiro atoms. The maximum absolute atomic E-state index is 12.6. The first-order valence-corrected chi connectivity index (χ1v) is 8.47. The van der Waals surface area contributed by atoms with Gasteiger partial charge in [0.25, 0.3) is 0 Å². The second-order valence-corrected chi connectivity index (χ2v) is 6.77. The molecule has 0 saturated carbocycles. The summed E-state index contributed by atoms with van der Waals surface area (Å²) >= 11 is 0. The molecular weight excluding hydrogens is 276 g/mol. The van der Waals surface area contributed by atoms with Gasteiger partial charge in [-0.2, -0.15) is 0 Å². The molecule has 0 aromatic carbocycles. The van der Waals surface area contributed by atoms with Gasteiger partial charge in [0.05, 0.1) is 0 Å². The molecule has 0 unspecified atom stereocenters. The molecule has 2 aliphatic rings. The van der Waals surface area contributed by atoms with E-state index in [-0.39, 0.29) is 5.92 Å². The van der Waals surface area contributed by atoms with Gasteiger partial charge in [-0.15, -0.1) is 0 Å². The predicted octanol–water partition coefficient (Wildman–Crippen LogP) is 2.26. The molecule has 1 aromatic heterocycles. The van der Waals surface area contributed by atoms with Crippen LogP contribution in [0.15, 0.2) is 12.3 Å². The minimum atomic E-state index is 0.189. The van der Waals surface area contributed by atoms with Crippen molar-refractivity contribution in [3.05, 3.63) is 18.0 Å². The Hall–Kier alpha value is -1.65. The summed E-state index contributed by atoms with van der Waals surface area (Å²) in [5, 5.41) is 0.